The molecule has 0 bridgehead atoms. The van der Waals surface area contributed by atoms with Crippen LogP contribution in [0.4, 0.5) is 0 Å². The average molecular weight is 543 g/mol. The molecule has 2 nitrogen and oxygen atoms in total. The lowest BCUT2D eigenvalue weighted by atomic mass is 9.63. The van der Waals surface area contributed by atoms with Gasteiger partial charge in [0, 0.05) is 22.0 Å². The Bertz CT molecular complexity index is 2030. The summed E-state index contributed by atoms with van der Waals surface area (Å²) in [5, 5.41) is 12.6. The van der Waals surface area contributed by atoms with Gasteiger partial charge in [0.05, 0.1) is 22.5 Å². The molecular weight excluding hydrogens is 508 g/mol. The zero-order valence-corrected chi connectivity index (χ0v) is 24.3. The molecule has 0 N–H and O–H groups in total. The molecule has 1 heterocycles. The van der Waals surface area contributed by atoms with Gasteiger partial charge in [0.25, 0.3) is 0 Å². The number of nitrogens with zero attached hydrogens (tertiary/aromatic N) is 2. The summed E-state index contributed by atoms with van der Waals surface area (Å²) in [6.07, 6.45) is 18.8. The van der Waals surface area contributed by atoms with E-state index in [0.717, 1.165) is 37.7 Å². The minimum Gasteiger partial charge on any atom is -0.313 e. The lowest BCUT2D eigenvalue weighted by Crippen LogP contribution is -2.32. The molecule has 0 radical (unpaired) electrons. The van der Waals surface area contributed by atoms with Crippen LogP contribution in [0, 0.1) is 24.2 Å². The fourth-order valence-electron chi connectivity index (χ4n) is 8.06. The molecule has 0 saturated heterocycles. The van der Waals surface area contributed by atoms with Gasteiger partial charge in [-0.25, -0.2) is 0 Å². The Kier molecular flexibility index (Phi) is 5.66. The van der Waals surface area contributed by atoms with Crippen LogP contribution >= 0.6 is 0 Å². The van der Waals surface area contributed by atoms with E-state index in [-0.39, 0.29) is 11.3 Å². The number of allylic oxidation sites excluding steroid dienone is 12. The van der Waals surface area contributed by atoms with Gasteiger partial charge in [-0.15, -0.1) is 0 Å². The summed E-state index contributed by atoms with van der Waals surface area (Å²) < 4.78 is 2.48. The maximum absolute atomic E-state index is 10.0. The minimum atomic E-state index is -0.384. The van der Waals surface area contributed by atoms with E-state index in [1.165, 1.54) is 66.5 Å². The summed E-state index contributed by atoms with van der Waals surface area (Å²) in [6, 6.07) is 27.9. The Morgan fingerprint density at radius 2 is 1.67 bits per heavy atom. The number of fused-ring (bicyclic) bond motifs is 4. The van der Waals surface area contributed by atoms with Crippen LogP contribution in [0.3, 0.4) is 0 Å². The standard InChI is InChI=1S/C40H34N2/c1-26-16-18-29(19-17-26)40(36-14-8-6-12-32(36)34-23-28(25-41)27(2)22-37(34)40)30-20-21-39-35(24-30)33-13-7-9-15-38(33)42(39)31-10-4-3-5-11-31/h3-4,7-10,13-21,23-24,27H,5-6,11-12,22H2,1-2H3. The van der Waals surface area contributed by atoms with Gasteiger partial charge >= 0.3 is 0 Å². The molecule has 0 fully saturated rings. The Balaban J connectivity index is 1.47. The van der Waals surface area contributed by atoms with E-state index >= 15 is 0 Å². The zero-order chi connectivity index (χ0) is 28.4. The van der Waals surface area contributed by atoms with Crippen LogP contribution in [0.5, 0.6) is 0 Å². The third-order valence-corrected chi connectivity index (χ3v) is 10.0. The number of aromatic nitrogens is 1. The second-order valence-corrected chi connectivity index (χ2v) is 12.4. The largest absolute Gasteiger partial charge is 0.313 e. The predicted octanol–water partition coefficient (Wildman–Crippen LogP) is 10.0. The molecular formula is C40H34N2. The molecule has 204 valence electrons. The summed E-state index contributed by atoms with van der Waals surface area (Å²) in [6.45, 7) is 4.39. The van der Waals surface area contributed by atoms with Crippen molar-refractivity contribution in [2.45, 2.75) is 51.4 Å². The van der Waals surface area contributed by atoms with Gasteiger partial charge in [-0.1, -0.05) is 85.3 Å². The third kappa shape index (κ3) is 3.43. The van der Waals surface area contributed by atoms with Crippen LogP contribution in [-0.2, 0) is 5.41 Å². The first-order chi connectivity index (χ1) is 20.6. The first-order valence-corrected chi connectivity index (χ1v) is 15.3. The fourth-order valence-corrected chi connectivity index (χ4v) is 8.06. The van der Waals surface area contributed by atoms with Crippen molar-refractivity contribution in [3.8, 4) is 6.07 Å². The van der Waals surface area contributed by atoms with Crippen LogP contribution in [0.25, 0.3) is 27.5 Å². The molecule has 0 spiro atoms. The number of benzene rings is 3. The van der Waals surface area contributed by atoms with Gasteiger partial charge in [-0.05, 0) is 109 Å². The van der Waals surface area contributed by atoms with E-state index in [4.69, 9.17) is 0 Å². The average Bonchev–Trinajstić information content (AvgIpc) is 3.51. The van der Waals surface area contributed by atoms with E-state index in [2.05, 4.69) is 128 Å². The number of aryl methyl sites for hydroxylation is 1. The number of rotatable bonds is 3. The molecule has 4 aliphatic carbocycles. The lowest BCUT2D eigenvalue weighted by molar-refractivity contribution is 0.600. The highest BCUT2D eigenvalue weighted by atomic mass is 15.0. The van der Waals surface area contributed by atoms with Crippen LogP contribution in [0.2, 0.25) is 0 Å². The second-order valence-electron chi connectivity index (χ2n) is 12.4. The maximum atomic E-state index is 10.0. The van der Waals surface area contributed by atoms with Crippen molar-refractivity contribution in [2.75, 3.05) is 0 Å². The van der Waals surface area contributed by atoms with Crippen molar-refractivity contribution in [2.24, 2.45) is 5.92 Å². The van der Waals surface area contributed by atoms with Crippen LogP contribution in [0.15, 0.2) is 131 Å². The Morgan fingerprint density at radius 1 is 0.881 bits per heavy atom. The summed E-state index contributed by atoms with van der Waals surface area (Å²) in [5.74, 6) is 0.195. The van der Waals surface area contributed by atoms with Gasteiger partial charge in [0.1, 0.15) is 0 Å². The van der Waals surface area contributed by atoms with Crippen LogP contribution in [-0.4, -0.2) is 4.57 Å². The van der Waals surface area contributed by atoms with Crippen molar-refractivity contribution < 1.29 is 0 Å². The Labute approximate surface area is 248 Å². The molecule has 2 heteroatoms. The van der Waals surface area contributed by atoms with Crippen LogP contribution in [0.1, 0.15) is 55.7 Å². The van der Waals surface area contributed by atoms with Gasteiger partial charge in [-0.2, -0.15) is 5.26 Å². The molecule has 4 aliphatic rings. The number of hydrogen-bond acceptors (Lipinski definition) is 1. The highest BCUT2D eigenvalue weighted by Crippen LogP contribution is 2.59. The molecule has 4 aromatic rings. The molecule has 1 aromatic heterocycles. The van der Waals surface area contributed by atoms with E-state index in [9.17, 15) is 5.26 Å². The Hall–Kier alpha value is -4.61. The monoisotopic (exact) mass is 542 g/mol. The SMILES string of the molecule is Cc1ccc(C2(c3ccc4c(c3)c3ccccc3n4C3=CC=CCC3)C3=C(CCC=C3)C3=C2CC(C)C(C#N)=C3)cc1. The first-order valence-electron chi connectivity index (χ1n) is 15.3. The van der Waals surface area contributed by atoms with E-state index < -0.39 is 0 Å². The molecule has 2 atom stereocenters. The lowest BCUT2D eigenvalue weighted by Gasteiger charge is -2.39. The minimum absolute atomic E-state index is 0.195. The molecule has 0 aliphatic heterocycles. The van der Waals surface area contributed by atoms with Gasteiger partial charge in [0.15, 0.2) is 0 Å². The number of para-hydroxylation sites is 1. The van der Waals surface area contributed by atoms with Crippen molar-refractivity contribution in [3.63, 3.8) is 0 Å². The molecule has 0 saturated carbocycles. The summed E-state index contributed by atoms with van der Waals surface area (Å²) in [5.41, 5.74) is 13.9. The molecule has 8 rings (SSSR count). The van der Waals surface area contributed by atoms with Gasteiger partial charge < -0.3 is 4.57 Å². The van der Waals surface area contributed by atoms with Crippen molar-refractivity contribution in [3.05, 3.63) is 148 Å². The quantitative estimate of drug-likeness (QED) is 0.253. The second kappa shape index (κ2) is 9.47. The van der Waals surface area contributed by atoms with Gasteiger partial charge in [0.2, 0.25) is 0 Å². The van der Waals surface area contributed by atoms with Crippen molar-refractivity contribution >= 4 is 27.5 Å². The van der Waals surface area contributed by atoms with E-state index in [1.807, 2.05) is 0 Å². The maximum Gasteiger partial charge on any atom is 0.0950 e. The summed E-state index contributed by atoms with van der Waals surface area (Å²) in [7, 11) is 0. The Morgan fingerprint density at radius 3 is 2.48 bits per heavy atom. The van der Waals surface area contributed by atoms with E-state index in [1.54, 1.807) is 0 Å². The van der Waals surface area contributed by atoms with E-state index in [0.29, 0.717) is 0 Å². The summed E-state index contributed by atoms with van der Waals surface area (Å²) >= 11 is 0. The van der Waals surface area contributed by atoms with Crippen LogP contribution < -0.4 is 0 Å². The molecule has 42 heavy (non-hydrogen) atoms. The predicted molar refractivity (Wildman–Crippen MR) is 174 cm³/mol. The zero-order valence-electron chi connectivity index (χ0n) is 24.3. The smallest absolute Gasteiger partial charge is 0.0950 e. The number of nitriles is 1. The summed E-state index contributed by atoms with van der Waals surface area (Å²) in [4.78, 5) is 0. The fraction of sp³-hybridized carbons (Fsp3) is 0.225. The first kappa shape index (κ1) is 25.1. The number of hydrogen-bond donors (Lipinski definition) is 0. The van der Waals surface area contributed by atoms with Crippen molar-refractivity contribution in [1.82, 2.24) is 4.57 Å². The van der Waals surface area contributed by atoms with Gasteiger partial charge in [-0.3, -0.25) is 0 Å². The molecule has 3 aromatic carbocycles. The van der Waals surface area contributed by atoms with Crippen molar-refractivity contribution in [1.29, 1.82) is 5.26 Å². The highest BCUT2D eigenvalue weighted by Gasteiger charge is 2.49. The molecule has 2 unspecified atom stereocenters. The normalized spacial score (nSPS) is 23.2. The third-order valence-electron chi connectivity index (χ3n) is 10.0. The molecule has 0 amide bonds. The topological polar surface area (TPSA) is 28.7 Å². The highest BCUT2D eigenvalue weighted by molar-refractivity contribution is 6.10.